The molecule has 0 spiro atoms. The second-order valence-electron chi connectivity index (χ2n) is 4.12. The van der Waals surface area contributed by atoms with Crippen molar-refractivity contribution in [2.75, 3.05) is 7.11 Å². The molecule has 8 heteroatoms. The third kappa shape index (κ3) is 3.67. The van der Waals surface area contributed by atoms with Crippen molar-refractivity contribution >= 4 is 17.6 Å². The molecule has 4 nitrogen and oxygen atoms in total. The van der Waals surface area contributed by atoms with E-state index in [1.165, 1.54) is 25.4 Å². The molecule has 0 aliphatic rings. The summed E-state index contributed by atoms with van der Waals surface area (Å²) in [6.45, 7) is 0. The molecule has 0 aliphatic carbocycles. The Balaban J connectivity index is 2.19. The fraction of sp³-hybridized carbons (Fsp3) is 0.143. The van der Waals surface area contributed by atoms with E-state index >= 15 is 0 Å². The average Bonchev–Trinajstić information content (AvgIpc) is 2.48. The van der Waals surface area contributed by atoms with Crippen LogP contribution in [0.25, 0.3) is 0 Å². The molecular weight excluding hydrogens is 323 g/mol. The number of carbonyl (C=O) groups excluding carboxylic acids is 1. The van der Waals surface area contributed by atoms with E-state index in [0.29, 0.717) is 0 Å². The van der Waals surface area contributed by atoms with Crippen LogP contribution >= 0.6 is 11.6 Å². The van der Waals surface area contributed by atoms with Gasteiger partial charge in [0.2, 0.25) is 5.88 Å². The first-order valence-corrected chi connectivity index (χ1v) is 6.28. The van der Waals surface area contributed by atoms with Crippen LogP contribution in [-0.4, -0.2) is 18.1 Å². The van der Waals surface area contributed by atoms with Crippen molar-refractivity contribution in [3.8, 4) is 11.6 Å². The molecule has 0 unspecified atom stereocenters. The number of hydrogen-bond acceptors (Lipinski definition) is 4. The quantitative estimate of drug-likeness (QED) is 0.785. The van der Waals surface area contributed by atoms with Gasteiger partial charge < -0.3 is 9.47 Å². The third-order valence-electron chi connectivity index (χ3n) is 2.63. The lowest BCUT2D eigenvalue weighted by Gasteiger charge is -2.10. The van der Waals surface area contributed by atoms with Crippen molar-refractivity contribution in [2.45, 2.75) is 6.18 Å². The largest absolute Gasteiger partial charge is 0.465 e. The van der Waals surface area contributed by atoms with Gasteiger partial charge in [-0.1, -0.05) is 11.6 Å². The number of methoxy groups -OCH3 is 1. The third-order valence-corrected chi connectivity index (χ3v) is 2.93. The summed E-state index contributed by atoms with van der Waals surface area (Å²) in [6, 6.07) is 5.50. The van der Waals surface area contributed by atoms with Crippen molar-refractivity contribution in [2.24, 2.45) is 0 Å². The van der Waals surface area contributed by atoms with Gasteiger partial charge in [-0.25, -0.2) is 9.78 Å². The zero-order chi connectivity index (χ0) is 16.3. The maximum absolute atomic E-state index is 12.5. The molecule has 1 heterocycles. The number of nitrogens with zero attached hydrogens (tertiary/aromatic N) is 1. The van der Waals surface area contributed by atoms with Crippen LogP contribution in [0, 0.1) is 0 Å². The molecule has 1 aromatic carbocycles. The predicted molar refractivity (Wildman–Crippen MR) is 72.1 cm³/mol. The minimum atomic E-state index is -4.48. The van der Waals surface area contributed by atoms with Crippen LogP contribution in [0.15, 0.2) is 36.5 Å². The zero-order valence-corrected chi connectivity index (χ0v) is 11.9. The molecule has 0 aliphatic heterocycles. The fourth-order valence-corrected chi connectivity index (χ4v) is 1.77. The van der Waals surface area contributed by atoms with Gasteiger partial charge in [-0.05, 0) is 24.3 Å². The number of carbonyl (C=O) groups is 1. The Hall–Kier alpha value is -2.28. The Morgan fingerprint density at radius 3 is 2.45 bits per heavy atom. The van der Waals surface area contributed by atoms with E-state index in [0.717, 1.165) is 18.2 Å². The molecule has 0 radical (unpaired) electrons. The summed E-state index contributed by atoms with van der Waals surface area (Å²) in [7, 11) is 1.23. The molecule has 0 saturated carbocycles. The number of ether oxygens (including phenoxy) is 2. The number of pyridine rings is 1. The topological polar surface area (TPSA) is 48.4 Å². The normalized spacial score (nSPS) is 11.1. The molecule has 0 N–H and O–H groups in total. The fourth-order valence-electron chi connectivity index (χ4n) is 1.55. The number of halogens is 4. The Labute approximate surface area is 128 Å². The Morgan fingerprint density at radius 2 is 1.95 bits per heavy atom. The van der Waals surface area contributed by atoms with Gasteiger partial charge in [0.15, 0.2) is 0 Å². The summed E-state index contributed by atoms with van der Waals surface area (Å²) < 4.78 is 47.4. The maximum Gasteiger partial charge on any atom is 0.416 e. The molecule has 0 amide bonds. The van der Waals surface area contributed by atoms with Gasteiger partial charge in [0.1, 0.15) is 5.75 Å². The van der Waals surface area contributed by atoms with E-state index in [-0.39, 0.29) is 22.2 Å². The van der Waals surface area contributed by atoms with Crippen LogP contribution in [-0.2, 0) is 10.9 Å². The minimum Gasteiger partial charge on any atom is -0.465 e. The summed E-state index contributed by atoms with van der Waals surface area (Å²) in [5, 5.41) is -0.200. The van der Waals surface area contributed by atoms with Crippen LogP contribution in [0.3, 0.4) is 0 Å². The zero-order valence-electron chi connectivity index (χ0n) is 11.1. The second-order valence-corrected chi connectivity index (χ2v) is 4.53. The smallest absolute Gasteiger partial charge is 0.416 e. The molecule has 22 heavy (non-hydrogen) atoms. The van der Waals surface area contributed by atoms with Crippen LogP contribution in [0.1, 0.15) is 15.9 Å². The standard InChI is InChI=1S/C14H9ClF3NO3/c1-21-13(20)8-2-5-12(19-7-8)22-11-4-3-9(6-10(11)15)14(16,17)18/h2-7H,1H3. The molecule has 1 aromatic heterocycles. The van der Waals surface area contributed by atoms with E-state index < -0.39 is 17.7 Å². The summed E-state index contributed by atoms with van der Waals surface area (Å²) in [6.07, 6.45) is -3.26. The molecule has 2 aromatic rings. The van der Waals surface area contributed by atoms with Crippen LogP contribution in [0.5, 0.6) is 11.6 Å². The molecule has 116 valence electrons. The Kier molecular flexibility index (Phi) is 4.56. The lowest BCUT2D eigenvalue weighted by Crippen LogP contribution is -2.04. The summed E-state index contributed by atoms with van der Waals surface area (Å²) in [5.41, 5.74) is -0.660. The maximum atomic E-state index is 12.5. The first kappa shape index (κ1) is 16.1. The lowest BCUT2D eigenvalue weighted by molar-refractivity contribution is -0.137. The summed E-state index contributed by atoms with van der Waals surface area (Å²) in [5.74, 6) is -0.464. The van der Waals surface area contributed by atoms with Crippen molar-refractivity contribution in [1.82, 2.24) is 4.98 Å². The molecule has 0 fully saturated rings. The van der Waals surface area contributed by atoms with Crippen molar-refractivity contribution in [1.29, 1.82) is 0 Å². The van der Waals surface area contributed by atoms with Crippen LogP contribution in [0.2, 0.25) is 5.02 Å². The molecule has 2 rings (SSSR count). The predicted octanol–water partition coefficient (Wildman–Crippen LogP) is 4.33. The first-order chi connectivity index (χ1) is 10.3. The van der Waals surface area contributed by atoms with Gasteiger partial charge in [-0.3, -0.25) is 0 Å². The van der Waals surface area contributed by atoms with Crippen molar-refractivity contribution < 1.29 is 27.4 Å². The van der Waals surface area contributed by atoms with Gasteiger partial charge >= 0.3 is 12.1 Å². The number of esters is 1. The number of hydrogen-bond donors (Lipinski definition) is 0. The molecule has 0 bridgehead atoms. The molecule has 0 saturated heterocycles. The molecule has 0 atom stereocenters. The SMILES string of the molecule is COC(=O)c1ccc(Oc2ccc(C(F)(F)F)cc2Cl)nc1. The van der Waals surface area contributed by atoms with E-state index in [4.69, 9.17) is 16.3 Å². The van der Waals surface area contributed by atoms with E-state index in [1.807, 2.05) is 0 Å². The van der Waals surface area contributed by atoms with E-state index in [2.05, 4.69) is 9.72 Å². The van der Waals surface area contributed by atoms with Gasteiger partial charge in [0.25, 0.3) is 0 Å². The highest BCUT2D eigenvalue weighted by Gasteiger charge is 2.31. The monoisotopic (exact) mass is 331 g/mol. The Morgan fingerprint density at radius 1 is 1.23 bits per heavy atom. The van der Waals surface area contributed by atoms with E-state index in [9.17, 15) is 18.0 Å². The van der Waals surface area contributed by atoms with Crippen LogP contribution < -0.4 is 4.74 Å². The van der Waals surface area contributed by atoms with Gasteiger partial charge in [0, 0.05) is 12.3 Å². The second kappa shape index (κ2) is 6.23. The summed E-state index contributed by atoms with van der Waals surface area (Å²) >= 11 is 5.76. The van der Waals surface area contributed by atoms with Crippen LogP contribution in [0.4, 0.5) is 13.2 Å². The number of rotatable bonds is 3. The molecular formula is C14H9ClF3NO3. The first-order valence-electron chi connectivity index (χ1n) is 5.90. The highest BCUT2D eigenvalue weighted by Crippen LogP contribution is 2.36. The minimum absolute atomic E-state index is 0.0213. The number of aromatic nitrogens is 1. The Bertz CT molecular complexity index is 687. The number of benzene rings is 1. The van der Waals surface area contributed by atoms with E-state index in [1.54, 1.807) is 0 Å². The van der Waals surface area contributed by atoms with Gasteiger partial charge in [0.05, 0.1) is 23.3 Å². The van der Waals surface area contributed by atoms with Gasteiger partial charge in [-0.2, -0.15) is 13.2 Å². The highest BCUT2D eigenvalue weighted by molar-refractivity contribution is 6.32. The highest BCUT2D eigenvalue weighted by atomic mass is 35.5. The van der Waals surface area contributed by atoms with Crippen molar-refractivity contribution in [3.63, 3.8) is 0 Å². The average molecular weight is 332 g/mol. The lowest BCUT2D eigenvalue weighted by atomic mass is 10.2. The van der Waals surface area contributed by atoms with Crippen molar-refractivity contribution in [3.05, 3.63) is 52.7 Å². The summed E-state index contributed by atoms with van der Waals surface area (Å²) in [4.78, 5) is 15.1. The number of alkyl halides is 3. The van der Waals surface area contributed by atoms with Gasteiger partial charge in [-0.15, -0.1) is 0 Å².